The summed E-state index contributed by atoms with van der Waals surface area (Å²) in [5.41, 5.74) is 0. The van der Waals surface area contributed by atoms with Gasteiger partial charge in [-0.05, 0) is 33.1 Å². The molecule has 0 aromatic heterocycles. The third kappa shape index (κ3) is 6.10. The number of ether oxygens (including phenoxy) is 2. The van der Waals surface area contributed by atoms with Gasteiger partial charge in [0.1, 0.15) is 0 Å². The molecular weight excluding hydrogens is 280 g/mol. The van der Waals surface area contributed by atoms with E-state index in [1.165, 1.54) is 6.42 Å². The Morgan fingerprint density at radius 3 is 2.64 bits per heavy atom. The van der Waals surface area contributed by atoms with Crippen molar-refractivity contribution in [1.82, 2.24) is 15.5 Å². The zero-order chi connectivity index (χ0) is 15.8. The van der Waals surface area contributed by atoms with Crippen LogP contribution in [0.3, 0.4) is 0 Å². The first-order valence-corrected chi connectivity index (χ1v) is 8.61. The van der Waals surface area contributed by atoms with Crippen LogP contribution < -0.4 is 10.6 Å². The maximum absolute atomic E-state index is 5.76. The van der Waals surface area contributed by atoms with E-state index in [1.807, 2.05) is 7.05 Å². The average Bonchev–Trinajstić information content (AvgIpc) is 2.99. The number of rotatable bonds is 6. The van der Waals surface area contributed by atoms with Crippen LogP contribution in [0.2, 0.25) is 0 Å². The Kier molecular flexibility index (Phi) is 7.42. The molecule has 0 radical (unpaired) electrons. The van der Waals surface area contributed by atoms with Crippen LogP contribution in [0, 0.1) is 0 Å². The maximum Gasteiger partial charge on any atom is 0.191 e. The van der Waals surface area contributed by atoms with Crippen LogP contribution in [0.1, 0.15) is 33.1 Å². The topological polar surface area (TPSA) is 58.1 Å². The van der Waals surface area contributed by atoms with Crippen molar-refractivity contribution in [2.75, 3.05) is 46.4 Å². The molecule has 22 heavy (non-hydrogen) atoms. The van der Waals surface area contributed by atoms with E-state index >= 15 is 0 Å². The van der Waals surface area contributed by atoms with Crippen molar-refractivity contribution in [2.24, 2.45) is 4.99 Å². The van der Waals surface area contributed by atoms with Crippen LogP contribution in [-0.4, -0.2) is 75.5 Å². The Morgan fingerprint density at radius 1 is 1.23 bits per heavy atom. The highest BCUT2D eigenvalue weighted by molar-refractivity contribution is 5.79. The van der Waals surface area contributed by atoms with E-state index in [9.17, 15) is 0 Å². The Balaban J connectivity index is 1.56. The second-order valence-electron chi connectivity index (χ2n) is 6.39. The minimum atomic E-state index is 0.342. The summed E-state index contributed by atoms with van der Waals surface area (Å²) in [4.78, 5) is 6.75. The minimum Gasteiger partial charge on any atom is -0.376 e. The predicted octanol–water partition coefficient (Wildman–Crippen LogP) is 0.830. The monoisotopic (exact) mass is 312 g/mol. The lowest BCUT2D eigenvalue weighted by Crippen LogP contribution is -2.46. The molecule has 0 aliphatic carbocycles. The molecule has 6 heteroatoms. The first kappa shape index (κ1) is 17.5. The van der Waals surface area contributed by atoms with Gasteiger partial charge in [0.25, 0.3) is 0 Å². The summed E-state index contributed by atoms with van der Waals surface area (Å²) in [6, 6.07) is 0. The van der Waals surface area contributed by atoms with E-state index in [0.29, 0.717) is 18.3 Å². The van der Waals surface area contributed by atoms with Crippen molar-refractivity contribution in [3.05, 3.63) is 0 Å². The van der Waals surface area contributed by atoms with E-state index in [1.54, 1.807) is 0 Å². The Labute approximate surface area is 134 Å². The molecule has 2 fully saturated rings. The molecule has 3 atom stereocenters. The first-order valence-electron chi connectivity index (χ1n) is 8.61. The van der Waals surface area contributed by atoms with Gasteiger partial charge in [-0.1, -0.05) is 0 Å². The molecule has 2 aliphatic rings. The number of aliphatic imine (C=N–C) groups is 1. The average molecular weight is 312 g/mol. The van der Waals surface area contributed by atoms with Gasteiger partial charge in [-0.25, -0.2) is 0 Å². The van der Waals surface area contributed by atoms with E-state index < -0.39 is 0 Å². The lowest BCUT2D eigenvalue weighted by Gasteiger charge is -2.35. The Hall–Kier alpha value is -0.850. The van der Waals surface area contributed by atoms with Crippen molar-refractivity contribution in [3.8, 4) is 0 Å². The van der Waals surface area contributed by atoms with Gasteiger partial charge in [-0.15, -0.1) is 0 Å². The molecule has 128 valence electrons. The predicted molar refractivity (Wildman–Crippen MR) is 89.4 cm³/mol. The molecule has 0 bridgehead atoms. The van der Waals surface area contributed by atoms with Gasteiger partial charge in [-0.2, -0.15) is 0 Å². The van der Waals surface area contributed by atoms with Gasteiger partial charge in [0.05, 0.1) is 18.3 Å². The van der Waals surface area contributed by atoms with Crippen molar-refractivity contribution in [1.29, 1.82) is 0 Å². The van der Waals surface area contributed by atoms with Crippen LogP contribution in [0.5, 0.6) is 0 Å². The van der Waals surface area contributed by atoms with Crippen LogP contribution in [0.15, 0.2) is 4.99 Å². The largest absolute Gasteiger partial charge is 0.376 e. The third-order valence-electron chi connectivity index (χ3n) is 4.18. The highest BCUT2D eigenvalue weighted by Crippen LogP contribution is 2.11. The van der Waals surface area contributed by atoms with Crippen LogP contribution in [0.4, 0.5) is 0 Å². The number of morpholine rings is 1. The maximum atomic E-state index is 5.76. The van der Waals surface area contributed by atoms with Crippen molar-refractivity contribution in [3.63, 3.8) is 0 Å². The molecule has 0 amide bonds. The van der Waals surface area contributed by atoms with Crippen molar-refractivity contribution < 1.29 is 9.47 Å². The summed E-state index contributed by atoms with van der Waals surface area (Å²) in [6.07, 6.45) is 4.47. The highest BCUT2D eigenvalue weighted by Gasteiger charge is 2.21. The summed E-state index contributed by atoms with van der Waals surface area (Å²) in [7, 11) is 1.82. The number of hydrogen-bond acceptors (Lipinski definition) is 4. The standard InChI is InChI=1S/C16H32N4O2/c1-13-11-20(12-14(2)22-13)8-5-7-18-16(17-3)19-10-15-6-4-9-21-15/h13-15H,4-12H2,1-3H3,(H2,17,18,19). The van der Waals surface area contributed by atoms with Gasteiger partial charge < -0.3 is 20.1 Å². The second-order valence-corrected chi connectivity index (χ2v) is 6.39. The molecule has 6 nitrogen and oxygen atoms in total. The fourth-order valence-electron chi connectivity index (χ4n) is 3.21. The summed E-state index contributed by atoms with van der Waals surface area (Å²) in [6.45, 7) is 10.2. The van der Waals surface area contributed by atoms with Gasteiger partial charge in [-0.3, -0.25) is 9.89 Å². The highest BCUT2D eigenvalue weighted by atomic mass is 16.5. The molecule has 2 N–H and O–H groups in total. The lowest BCUT2D eigenvalue weighted by atomic mass is 10.2. The molecule has 2 aliphatic heterocycles. The molecule has 0 saturated carbocycles. The van der Waals surface area contributed by atoms with Crippen molar-refractivity contribution >= 4 is 5.96 Å². The fourth-order valence-corrected chi connectivity index (χ4v) is 3.21. The third-order valence-corrected chi connectivity index (χ3v) is 4.18. The summed E-state index contributed by atoms with van der Waals surface area (Å²) in [5, 5.41) is 6.72. The molecule has 2 rings (SSSR count). The van der Waals surface area contributed by atoms with E-state index in [-0.39, 0.29) is 0 Å². The first-order chi connectivity index (χ1) is 10.7. The van der Waals surface area contributed by atoms with Crippen LogP contribution >= 0.6 is 0 Å². The summed E-state index contributed by atoms with van der Waals surface area (Å²) in [5.74, 6) is 0.874. The molecule has 2 saturated heterocycles. The smallest absolute Gasteiger partial charge is 0.191 e. The number of hydrogen-bond donors (Lipinski definition) is 2. The van der Waals surface area contributed by atoms with E-state index in [2.05, 4.69) is 34.4 Å². The lowest BCUT2D eigenvalue weighted by molar-refractivity contribution is -0.0679. The Bertz CT molecular complexity index is 335. The summed E-state index contributed by atoms with van der Waals surface area (Å²) < 4.78 is 11.4. The fraction of sp³-hybridized carbons (Fsp3) is 0.938. The molecule has 2 heterocycles. The quantitative estimate of drug-likeness (QED) is 0.432. The molecular formula is C16H32N4O2. The molecule has 0 aromatic rings. The zero-order valence-electron chi connectivity index (χ0n) is 14.3. The van der Waals surface area contributed by atoms with Crippen LogP contribution in [0.25, 0.3) is 0 Å². The van der Waals surface area contributed by atoms with Gasteiger partial charge in [0.15, 0.2) is 5.96 Å². The molecule has 0 aromatic carbocycles. The van der Waals surface area contributed by atoms with E-state index in [4.69, 9.17) is 9.47 Å². The number of nitrogens with zero attached hydrogens (tertiary/aromatic N) is 2. The summed E-state index contributed by atoms with van der Waals surface area (Å²) >= 11 is 0. The number of guanidine groups is 1. The molecule has 0 spiro atoms. The van der Waals surface area contributed by atoms with Gasteiger partial charge in [0.2, 0.25) is 0 Å². The number of nitrogens with one attached hydrogen (secondary N) is 2. The molecule has 3 unspecified atom stereocenters. The zero-order valence-corrected chi connectivity index (χ0v) is 14.3. The Morgan fingerprint density at radius 2 is 2.00 bits per heavy atom. The normalized spacial score (nSPS) is 30.5. The minimum absolute atomic E-state index is 0.342. The van der Waals surface area contributed by atoms with E-state index in [0.717, 1.165) is 58.1 Å². The van der Waals surface area contributed by atoms with Crippen molar-refractivity contribution in [2.45, 2.75) is 51.4 Å². The van der Waals surface area contributed by atoms with Gasteiger partial charge >= 0.3 is 0 Å². The van der Waals surface area contributed by atoms with Gasteiger partial charge in [0, 0.05) is 46.4 Å². The SMILES string of the molecule is CN=C(NCCCN1CC(C)OC(C)C1)NCC1CCCO1. The second kappa shape index (κ2) is 9.33. The van der Waals surface area contributed by atoms with Crippen LogP contribution in [-0.2, 0) is 9.47 Å².